The largest absolute Gasteiger partial charge is 0.271 e. The molecule has 1 unspecified atom stereocenters. The number of hydrogen-bond acceptors (Lipinski definition) is 3. The van der Waals surface area contributed by atoms with Gasteiger partial charge in [0.2, 0.25) is 0 Å². The van der Waals surface area contributed by atoms with E-state index in [-0.39, 0.29) is 11.9 Å². The van der Waals surface area contributed by atoms with Crippen molar-refractivity contribution >= 4 is 0 Å². The summed E-state index contributed by atoms with van der Waals surface area (Å²) in [6.07, 6.45) is 2.80. The molecule has 15 heavy (non-hydrogen) atoms. The maximum Gasteiger partial charge on any atom is 0.141 e. The summed E-state index contributed by atoms with van der Waals surface area (Å²) < 4.78 is 12.7. The fourth-order valence-electron chi connectivity index (χ4n) is 1.28. The van der Waals surface area contributed by atoms with Gasteiger partial charge in [0.05, 0.1) is 17.9 Å². The molecule has 0 aromatic carbocycles. The zero-order valence-electron chi connectivity index (χ0n) is 8.83. The highest BCUT2D eigenvalue weighted by molar-refractivity contribution is 5.12. The molecule has 3 N–H and O–H groups in total. The molecular weight excluding hydrogens is 193 g/mol. The van der Waals surface area contributed by atoms with Crippen molar-refractivity contribution in [3.05, 3.63) is 42.0 Å². The molecule has 1 atom stereocenters. The Labute approximate surface area is 89.2 Å². The third kappa shape index (κ3) is 3.42. The van der Waals surface area contributed by atoms with Crippen molar-refractivity contribution in [2.45, 2.75) is 25.8 Å². The van der Waals surface area contributed by atoms with Crippen molar-refractivity contribution in [3.8, 4) is 0 Å². The Balaban J connectivity index is 2.74. The van der Waals surface area contributed by atoms with Gasteiger partial charge in [0.25, 0.3) is 0 Å². The number of pyridine rings is 1. The second kappa shape index (κ2) is 5.58. The van der Waals surface area contributed by atoms with Crippen molar-refractivity contribution in [1.29, 1.82) is 0 Å². The second-order valence-corrected chi connectivity index (χ2v) is 3.43. The molecular formula is C11H16FN3. The highest BCUT2D eigenvalue weighted by atomic mass is 19.1. The van der Waals surface area contributed by atoms with Crippen molar-refractivity contribution < 1.29 is 4.39 Å². The first-order valence-electron chi connectivity index (χ1n) is 4.91. The van der Waals surface area contributed by atoms with Gasteiger partial charge in [-0.1, -0.05) is 19.1 Å². The number of aromatic nitrogens is 1. The first-order valence-corrected chi connectivity index (χ1v) is 4.91. The number of hydrazine groups is 1. The Morgan fingerprint density at radius 1 is 1.67 bits per heavy atom. The maximum atomic E-state index is 12.7. The minimum absolute atomic E-state index is 0.0990. The summed E-state index contributed by atoms with van der Waals surface area (Å²) in [4.78, 5) is 3.98. The molecule has 0 fully saturated rings. The molecule has 0 spiro atoms. The van der Waals surface area contributed by atoms with Gasteiger partial charge in [-0.2, -0.15) is 0 Å². The van der Waals surface area contributed by atoms with E-state index in [2.05, 4.69) is 17.0 Å². The van der Waals surface area contributed by atoms with E-state index in [0.29, 0.717) is 6.42 Å². The number of rotatable bonds is 5. The lowest BCUT2D eigenvalue weighted by molar-refractivity contribution is 0.527. The highest BCUT2D eigenvalue weighted by Gasteiger charge is 2.11. The summed E-state index contributed by atoms with van der Waals surface area (Å²) in [6.45, 7) is 5.94. The molecule has 0 saturated heterocycles. The lowest BCUT2D eigenvalue weighted by Crippen LogP contribution is -2.29. The van der Waals surface area contributed by atoms with Crippen LogP contribution in [0, 0.1) is 5.82 Å². The van der Waals surface area contributed by atoms with E-state index in [9.17, 15) is 4.39 Å². The quantitative estimate of drug-likeness (QED) is 0.443. The minimum atomic E-state index is -0.344. The predicted molar refractivity (Wildman–Crippen MR) is 58.3 cm³/mol. The van der Waals surface area contributed by atoms with Crippen LogP contribution in [0.5, 0.6) is 0 Å². The van der Waals surface area contributed by atoms with Crippen LogP contribution in [0.15, 0.2) is 30.5 Å². The SMILES string of the molecule is C=C(CC)CC(NN)c1ccc(F)cn1. The smallest absolute Gasteiger partial charge is 0.141 e. The van der Waals surface area contributed by atoms with Gasteiger partial charge in [-0.05, 0) is 25.0 Å². The Morgan fingerprint density at radius 3 is 2.87 bits per heavy atom. The van der Waals surface area contributed by atoms with Crippen LogP contribution >= 0.6 is 0 Å². The summed E-state index contributed by atoms with van der Waals surface area (Å²) in [7, 11) is 0. The number of nitrogens with zero attached hydrogens (tertiary/aromatic N) is 1. The van der Waals surface area contributed by atoms with Crippen LogP contribution in [0.1, 0.15) is 31.5 Å². The van der Waals surface area contributed by atoms with E-state index in [4.69, 9.17) is 5.84 Å². The van der Waals surface area contributed by atoms with Gasteiger partial charge in [-0.25, -0.2) is 4.39 Å². The van der Waals surface area contributed by atoms with Crippen molar-refractivity contribution in [1.82, 2.24) is 10.4 Å². The molecule has 0 aliphatic carbocycles. The monoisotopic (exact) mass is 209 g/mol. The van der Waals surface area contributed by atoms with E-state index in [0.717, 1.165) is 17.7 Å². The number of nitrogens with two attached hydrogens (primary N) is 1. The molecule has 0 amide bonds. The summed E-state index contributed by atoms with van der Waals surface area (Å²) in [5.74, 6) is 5.08. The van der Waals surface area contributed by atoms with Crippen molar-refractivity contribution in [3.63, 3.8) is 0 Å². The molecule has 1 heterocycles. The fourth-order valence-corrected chi connectivity index (χ4v) is 1.28. The Kier molecular flexibility index (Phi) is 4.39. The minimum Gasteiger partial charge on any atom is -0.271 e. The van der Waals surface area contributed by atoms with Crippen LogP contribution in [-0.4, -0.2) is 4.98 Å². The summed E-state index contributed by atoms with van der Waals surface area (Å²) >= 11 is 0. The van der Waals surface area contributed by atoms with Gasteiger partial charge >= 0.3 is 0 Å². The van der Waals surface area contributed by atoms with Crippen molar-refractivity contribution in [2.24, 2.45) is 5.84 Å². The van der Waals surface area contributed by atoms with E-state index >= 15 is 0 Å². The van der Waals surface area contributed by atoms with Crippen LogP contribution in [0.3, 0.4) is 0 Å². The number of nitrogens with one attached hydrogen (secondary N) is 1. The average Bonchev–Trinajstić information content (AvgIpc) is 2.27. The Bertz CT molecular complexity index is 321. The van der Waals surface area contributed by atoms with Crippen LogP contribution in [-0.2, 0) is 0 Å². The van der Waals surface area contributed by atoms with Gasteiger partial charge in [0.15, 0.2) is 0 Å². The predicted octanol–water partition coefficient (Wildman–Crippen LogP) is 2.08. The van der Waals surface area contributed by atoms with Crippen LogP contribution in [0.4, 0.5) is 4.39 Å². The molecule has 0 saturated carbocycles. The zero-order valence-corrected chi connectivity index (χ0v) is 8.83. The van der Waals surface area contributed by atoms with E-state index in [1.807, 2.05) is 6.92 Å². The molecule has 0 radical (unpaired) electrons. The Morgan fingerprint density at radius 2 is 2.40 bits per heavy atom. The van der Waals surface area contributed by atoms with Crippen molar-refractivity contribution in [2.75, 3.05) is 0 Å². The van der Waals surface area contributed by atoms with Crippen LogP contribution in [0.25, 0.3) is 0 Å². The van der Waals surface area contributed by atoms with Crippen LogP contribution in [0.2, 0.25) is 0 Å². The molecule has 0 aliphatic heterocycles. The third-order valence-electron chi connectivity index (χ3n) is 2.30. The average molecular weight is 209 g/mol. The van der Waals surface area contributed by atoms with Crippen LogP contribution < -0.4 is 11.3 Å². The maximum absolute atomic E-state index is 12.7. The molecule has 0 bridgehead atoms. The van der Waals surface area contributed by atoms with Gasteiger partial charge in [-0.15, -0.1) is 0 Å². The topological polar surface area (TPSA) is 50.9 Å². The molecule has 0 aliphatic rings. The summed E-state index contributed by atoms with van der Waals surface area (Å²) in [5.41, 5.74) is 4.47. The zero-order chi connectivity index (χ0) is 11.3. The van der Waals surface area contributed by atoms with Gasteiger partial charge < -0.3 is 0 Å². The van der Waals surface area contributed by atoms with E-state index in [1.54, 1.807) is 6.07 Å². The van der Waals surface area contributed by atoms with Gasteiger partial charge in [0.1, 0.15) is 5.82 Å². The fraction of sp³-hybridized carbons (Fsp3) is 0.364. The van der Waals surface area contributed by atoms with E-state index in [1.165, 1.54) is 12.3 Å². The first kappa shape index (κ1) is 11.8. The molecule has 1 rings (SSSR count). The molecule has 82 valence electrons. The standard InChI is InChI=1S/C11H16FN3/c1-3-8(2)6-11(15-13)10-5-4-9(12)7-14-10/h4-5,7,11,15H,2-3,6,13H2,1H3. The number of hydrogen-bond donors (Lipinski definition) is 2. The first-order chi connectivity index (χ1) is 7.17. The van der Waals surface area contributed by atoms with E-state index < -0.39 is 0 Å². The second-order valence-electron chi connectivity index (χ2n) is 3.43. The molecule has 1 aromatic rings. The van der Waals surface area contributed by atoms with Gasteiger partial charge in [-0.3, -0.25) is 16.3 Å². The summed E-state index contributed by atoms with van der Waals surface area (Å²) in [6, 6.07) is 2.91. The lowest BCUT2D eigenvalue weighted by atomic mass is 10.0. The third-order valence-corrected chi connectivity index (χ3v) is 2.30. The van der Waals surface area contributed by atoms with Gasteiger partial charge in [0, 0.05) is 0 Å². The Hall–Kier alpha value is -1.26. The molecule has 3 nitrogen and oxygen atoms in total. The lowest BCUT2D eigenvalue weighted by Gasteiger charge is -2.15. The molecule has 4 heteroatoms. The highest BCUT2D eigenvalue weighted by Crippen LogP contribution is 2.19. The molecule has 1 aromatic heterocycles. The number of halogens is 1. The normalized spacial score (nSPS) is 12.5. The summed E-state index contributed by atoms with van der Waals surface area (Å²) in [5, 5.41) is 0.